The molecule has 1 fully saturated rings. The molecule has 3 amide bonds. The van der Waals surface area contributed by atoms with Crippen molar-refractivity contribution in [3.63, 3.8) is 0 Å². The van der Waals surface area contributed by atoms with Gasteiger partial charge < -0.3 is 5.32 Å². The van der Waals surface area contributed by atoms with Crippen LogP contribution in [0.1, 0.15) is 89.0 Å². The average molecular weight is 416 g/mol. The van der Waals surface area contributed by atoms with Gasteiger partial charge in [0.05, 0.1) is 6.42 Å². The van der Waals surface area contributed by atoms with Crippen LogP contribution in [0.4, 0.5) is 0 Å². The first-order valence-electron chi connectivity index (χ1n) is 11.5. The summed E-state index contributed by atoms with van der Waals surface area (Å²) in [4.78, 5) is 36.1. The second kappa shape index (κ2) is 14.6. The van der Waals surface area contributed by atoms with Gasteiger partial charge in [0.15, 0.2) is 0 Å². The molecule has 0 spiro atoms. The lowest BCUT2D eigenvalue weighted by Crippen LogP contribution is -2.43. The predicted molar refractivity (Wildman–Crippen MR) is 118 cm³/mol. The van der Waals surface area contributed by atoms with Gasteiger partial charge in [0.2, 0.25) is 17.7 Å². The highest BCUT2D eigenvalue weighted by molar-refractivity contribution is 5.86. The summed E-state index contributed by atoms with van der Waals surface area (Å²) in [6.45, 7) is 0. The van der Waals surface area contributed by atoms with E-state index in [1.54, 1.807) is 0 Å². The zero-order chi connectivity index (χ0) is 21.4. The largest absolute Gasteiger partial charge is 0.353 e. The minimum Gasteiger partial charge on any atom is -0.353 e. The van der Waals surface area contributed by atoms with Crippen LogP contribution in [0.25, 0.3) is 0 Å². The van der Waals surface area contributed by atoms with Gasteiger partial charge in [0.25, 0.3) is 0 Å². The summed E-state index contributed by atoms with van der Waals surface area (Å²) in [5.74, 6) is -0.727. The molecule has 30 heavy (non-hydrogen) atoms. The first-order chi connectivity index (χ1) is 14.6. The molecule has 3 N–H and O–H groups in total. The zero-order valence-electron chi connectivity index (χ0n) is 18.1. The third-order valence-corrected chi connectivity index (χ3v) is 5.60. The van der Waals surface area contributed by atoms with E-state index in [2.05, 4.69) is 16.2 Å². The van der Waals surface area contributed by atoms with E-state index in [-0.39, 0.29) is 43.0 Å². The van der Waals surface area contributed by atoms with Gasteiger partial charge in [-0.1, -0.05) is 88.1 Å². The molecular weight excluding hydrogens is 378 g/mol. The van der Waals surface area contributed by atoms with Crippen LogP contribution in [0.3, 0.4) is 0 Å². The Balaban J connectivity index is 1.62. The highest BCUT2D eigenvalue weighted by atomic mass is 16.2. The van der Waals surface area contributed by atoms with E-state index in [9.17, 15) is 14.4 Å². The molecule has 1 aromatic rings. The molecule has 0 aromatic heterocycles. The fourth-order valence-electron chi connectivity index (χ4n) is 3.86. The van der Waals surface area contributed by atoms with E-state index in [0.717, 1.165) is 31.2 Å². The molecule has 2 rings (SSSR count). The van der Waals surface area contributed by atoms with Gasteiger partial charge >= 0.3 is 0 Å². The van der Waals surface area contributed by atoms with Crippen LogP contribution in [-0.2, 0) is 20.8 Å². The fourth-order valence-corrected chi connectivity index (χ4v) is 3.86. The molecule has 0 bridgehead atoms. The number of nitrogens with one attached hydrogen (secondary N) is 3. The van der Waals surface area contributed by atoms with E-state index in [0.29, 0.717) is 0 Å². The van der Waals surface area contributed by atoms with Crippen LogP contribution in [0, 0.1) is 0 Å². The number of carbonyl (C=O) groups is 3. The van der Waals surface area contributed by atoms with E-state index >= 15 is 0 Å². The fraction of sp³-hybridized carbons (Fsp3) is 0.625. The van der Waals surface area contributed by atoms with Gasteiger partial charge in [-0.05, 0) is 18.4 Å². The maximum absolute atomic E-state index is 12.3. The van der Waals surface area contributed by atoms with Crippen LogP contribution < -0.4 is 16.2 Å². The molecule has 0 aliphatic heterocycles. The predicted octanol–water partition coefficient (Wildman–Crippen LogP) is 3.95. The molecule has 1 aliphatic carbocycles. The van der Waals surface area contributed by atoms with Gasteiger partial charge in [-0.25, -0.2) is 0 Å². The third-order valence-electron chi connectivity index (χ3n) is 5.60. The van der Waals surface area contributed by atoms with E-state index < -0.39 is 0 Å². The van der Waals surface area contributed by atoms with E-state index in [1.807, 2.05) is 30.3 Å². The van der Waals surface area contributed by atoms with Crippen molar-refractivity contribution in [1.82, 2.24) is 16.2 Å². The van der Waals surface area contributed by atoms with Crippen molar-refractivity contribution >= 4 is 17.7 Å². The summed E-state index contributed by atoms with van der Waals surface area (Å²) in [5, 5.41) is 3.12. The van der Waals surface area contributed by atoms with Crippen LogP contribution in [-0.4, -0.2) is 23.8 Å². The molecule has 0 saturated heterocycles. The number of amides is 3. The quantitative estimate of drug-likeness (QED) is 0.615. The molecule has 1 aliphatic rings. The monoisotopic (exact) mass is 415 g/mol. The van der Waals surface area contributed by atoms with Crippen LogP contribution in [0.15, 0.2) is 30.3 Å². The third kappa shape index (κ3) is 11.0. The molecule has 0 heterocycles. The lowest BCUT2D eigenvalue weighted by atomic mass is 9.98. The van der Waals surface area contributed by atoms with E-state index in [1.165, 1.54) is 44.9 Å². The Kier molecular flexibility index (Phi) is 11.6. The lowest BCUT2D eigenvalue weighted by molar-refractivity contribution is -0.130. The number of carbonyl (C=O) groups excluding carboxylic acids is 3. The molecule has 1 aromatic carbocycles. The van der Waals surface area contributed by atoms with Crippen LogP contribution >= 0.6 is 0 Å². The number of hydrazine groups is 1. The SMILES string of the molecule is O=C(CCC(=O)NC1CCCCCCCCCCC1)NNC(=O)Cc1ccccc1. The summed E-state index contributed by atoms with van der Waals surface area (Å²) in [6, 6.07) is 9.54. The zero-order valence-corrected chi connectivity index (χ0v) is 18.1. The Morgan fingerprint density at radius 2 is 1.17 bits per heavy atom. The van der Waals surface area contributed by atoms with Crippen molar-refractivity contribution in [3.05, 3.63) is 35.9 Å². The van der Waals surface area contributed by atoms with Crippen molar-refractivity contribution in [2.24, 2.45) is 0 Å². The summed E-state index contributed by atoms with van der Waals surface area (Å²) < 4.78 is 0. The maximum Gasteiger partial charge on any atom is 0.242 e. The van der Waals surface area contributed by atoms with Crippen LogP contribution in [0.5, 0.6) is 0 Å². The van der Waals surface area contributed by atoms with Crippen LogP contribution in [0.2, 0.25) is 0 Å². The van der Waals surface area contributed by atoms with Crippen molar-refractivity contribution in [2.75, 3.05) is 0 Å². The van der Waals surface area contributed by atoms with Crippen molar-refractivity contribution in [2.45, 2.75) is 95.9 Å². The number of hydrogen-bond donors (Lipinski definition) is 3. The summed E-state index contributed by atoms with van der Waals surface area (Å²) >= 11 is 0. The first-order valence-corrected chi connectivity index (χ1v) is 11.5. The highest BCUT2D eigenvalue weighted by Gasteiger charge is 2.14. The summed E-state index contributed by atoms with van der Waals surface area (Å²) in [5.41, 5.74) is 5.67. The molecular formula is C24H37N3O3. The van der Waals surface area contributed by atoms with Crippen molar-refractivity contribution in [1.29, 1.82) is 0 Å². The second-order valence-electron chi connectivity index (χ2n) is 8.28. The van der Waals surface area contributed by atoms with Gasteiger partial charge in [-0.2, -0.15) is 0 Å². The maximum atomic E-state index is 12.3. The number of hydrogen-bond acceptors (Lipinski definition) is 3. The van der Waals surface area contributed by atoms with Gasteiger partial charge in [0.1, 0.15) is 0 Å². The van der Waals surface area contributed by atoms with Crippen molar-refractivity contribution in [3.8, 4) is 0 Å². The van der Waals surface area contributed by atoms with E-state index in [4.69, 9.17) is 0 Å². The molecule has 6 heteroatoms. The Labute approximate surface area is 180 Å². The average Bonchev–Trinajstić information content (AvgIpc) is 2.73. The number of benzene rings is 1. The standard InChI is InChI=1S/C24H37N3O3/c28-22(25-21-15-11-6-4-2-1-3-5-7-12-16-21)17-18-23(29)26-27-24(30)19-20-13-9-8-10-14-20/h8-10,13-14,21H,1-7,11-12,15-19H2,(H,25,28)(H,26,29)(H,27,30). The Hall–Kier alpha value is -2.37. The van der Waals surface area contributed by atoms with Crippen molar-refractivity contribution < 1.29 is 14.4 Å². The lowest BCUT2D eigenvalue weighted by Gasteiger charge is -2.19. The smallest absolute Gasteiger partial charge is 0.242 e. The molecule has 0 atom stereocenters. The van der Waals surface area contributed by atoms with Gasteiger partial charge in [-0.3, -0.25) is 25.2 Å². The minimum atomic E-state index is -0.356. The molecule has 1 saturated carbocycles. The first kappa shape index (κ1) is 23.9. The van der Waals surface area contributed by atoms with Gasteiger partial charge in [0, 0.05) is 18.9 Å². The second-order valence-corrected chi connectivity index (χ2v) is 8.28. The molecule has 166 valence electrons. The molecule has 6 nitrogen and oxygen atoms in total. The topological polar surface area (TPSA) is 87.3 Å². The van der Waals surface area contributed by atoms with Gasteiger partial charge in [-0.15, -0.1) is 0 Å². The Bertz CT molecular complexity index is 636. The minimum absolute atomic E-state index is 0.0597. The highest BCUT2D eigenvalue weighted by Crippen LogP contribution is 2.17. The molecule has 0 radical (unpaired) electrons. The normalized spacial score (nSPS) is 16.5. The Morgan fingerprint density at radius 3 is 1.77 bits per heavy atom. The number of rotatable bonds is 6. The summed E-state index contributed by atoms with van der Waals surface area (Å²) in [7, 11) is 0. The Morgan fingerprint density at radius 1 is 0.667 bits per heavy atom. The summed E-state index contributed by atoms with van der Waals surface area (Å²) in [6.07, 6.45) is 13.8. The molecule has 0 unspecified atom stereocenters.